The number of nitrogens with zero attached hydrogens (tertiary/aromatic N) is 1. The Kier molecular flexibility index (Phi) is 14.8. The molecule has 1 fully saturated rings. The van der Waals surface area contributed by atoms with Crippen molar-refractivity contribution in [2.24, 2.45) is 11.8 Å². The first-order chi connectivity index (χ1) is 22.8. The van der Waals surface area contributed by atoms with E-state index in [4.69, 9.17) is 9.47 Å². The van der Waals surface area contributed by atoms with Crippen LogP contribution in [0.1, 0.15) is 59.4 Å². The molecular formula is C36H50N4O7S. The number of hydrogen-bond donors (Lipinski definition) is 3. The zero-order valence-electron chi connectivity index (χ0n) is 28.8. The van der Waals surface area contributed by atoms with Gasteiger partial charge in [0, 0.05) is 30.3 Å². The Bertz CT molecular complexity index is 1370. The number of amides is 4. The Morgan fingerprint density at radius 2 is 1.60 bits per heavy atom. The number of carbonyl (C=O) groups excluding carboxylic acids is 5. The molecule has 3 rings (SSSR count). The van der Waals surface area contributed by atoms with Crippen LogP contribution in [0, 0.1) is 11.8 Å². The number of nitrogens with one attached hydrogen (secondary N) is 3. The molecule has 48 heavy (non-hydrogen) atoms. The molecule has 1 aliphatic rings. The van der Waals surface area contributed by atoms with Crippen molar-refractivity contribution < 1.29 is 33.4 Å². The predicted octanol–water partition coefficient (Wildman–Crippen LogP) is 4.34. The van der Waals surface area contributed by atoms with Gasteiger partial charge in [0.05, 0.1) is 17.9 Å². The van der Waals surface area contributed by atoms with Crippen molar-refractivity contribution >= 4 is 41.5 Å². The van der Waals surface area contributed by atoms with Crippen LogP contribution in [-0.2, 0) is 35.1 Å². The summed E-state index contributed by atoms with van der Waals surface area (Å²) in [4.78, 5) is 68.2. The average molecular weight is 683 g/mol. The van der Waals surface area contributed by atoms with Gasteiger partial charge in [0.15, 0.2) is 6.61 Å². The molecule has 4 amide bonds. The zero-order chi connectivity index (χ0) is 35.3. The molecule has 2 aromatic rings. The predicted molar refractivity (Wildman–Crippen MR) is 185 cm³/mol. The smallest absolute Gasteiger partial charge is 0.407 e. The minimum Gasteiger partial charge on any atom is -0.454 e. The maximum Gasteiger partial charge on any atom is 0.407 e. The molecule has 5 atom stereocenters. The molecule has 11 nitrogen and oxygen atoms in total. The molecule has 0 aliphatic carbocycles. The summed E-state index contributed by atoms with van der Waals surface area (Å²) in [6.07, 6.45) is 1.17. The van der Waals surface area contributed by atoms with E-state index >= 15 is 0 Å². The number of thioether (sulfide) groups is 1. The molecule has 0 aromatic heterocycles. The van der Waals surface area contributed by atoms with Gasteiger partial charge in [-0.1, -0.05) is 62.4 Å². The summed E-state index contributed by atoms with van der Waals surface area (Å²) in [5, 5.41) is 8.32. The molecule has 1 saturated heterocycles. The van der Waals surface area contributed by atoms with Gasteiger partial charge in [-0.15, -0.1) is 11.8 Å². The molecule has 2 unspecified atom stereocenters. The lowest BCUT2D eigenvalue weighted by molar-refractivity contribution is -0.157. The van der Waals surface area contributed by atoms with Crippen molar-refractivity contribution in [1.82, 2.24) is 20.9 Å². The summed E-state index contributed by atoms with van der Waals surface area (Å²) in [5.41, 5.74) is 0.163. The first-order valence-electron chi connectivity index (χ1n) is 16.5. The van der Waals surface area contributed by atoms with Crippen LogP contribution in [0.5, 0.6) is 0 Å². The molecule has 3 N–H and O–H groups in total. The Balaban J connectivity index is 1.81. The molecule has 0 saturated carbocycles. The van der Waals surface area contributed by atoms with Crippen molar-refractivity contribution in [3.8, 4) is 0 Å². The quantitative estimate of drug-likeness (QED) is 0.186. The van der Waals surface area contributed by atoms with Crippen LogP contribution < -0.4 is 16.0 Å². The van der Waals surface area contributed by atoms with Crippen molar-refractivity contribution in [3.63, 3.8) is 0 Å². The van der Waals surface area contributed by atoms with Crippen LogP contribution >= 0.6 is 11.8 Å². The molecule has 262 valence electrons. The summed E-state index contributed by atoms with van der Waals surface area (Å²) in [6.45, 7) is 8.71. The van der Waals surface area contributed by atoms with Gasteiger partial charge >= 0.3 is 12.1 Å². The SMILES string of the molecule is CCC(NC(=O)COC(=O)[C@@H]1CCCN1C(=O)C(Cc1ccccc1)[C@@H](CSc1ccccc1)NC(=O)OC(C)(C)C)[C@H](C)C(=O)NC. The number of likely N-dealkylation sites (tertiary alicyclic amines) is 1. The van der Waals surface area contributed by atoms with E-state index in [9.17, 15) is 24.0 Å². The van der Waals surface area contributed by atoms with E-state index in [0.29, 0.717) is 38.0 Å². The van der Waals surface area contributed by atoms with Crippen molar-refractivity contribution in [1.29, 1.82) is 0 Å². The highest BCUT2D eigenvalue weighted by molar-refractivity contribution is 7.99. The molecule has 1 heterocycles. The summed E-state index contributed by atoms with van der Waals surface area (Å²) in [6, 6.07) is 17.3. The van der Waals surface area contributed by atoms with Gasteiger partial charge in [-0.3, -0.25) is 14.4 Å². The second-order valence-electron chi connectivity index (χ2n) is 13.0. The topological polar surface area (TPSA) is 143 Å². The number of benzene rings is 2. The molecular weight excluding hydrogens is 632 g/mol. The van der Waals surface area contributed by atoms with E-state index in [1.807, 2.05) is 67.6 Å². The second kappa shape index (κ2) is 18.5. The van der Waals surface area contributed by atoms with Gasteiger partial charge in [-0.2, -0.15) is 0 Å². The molecule has 12 heteroatoms. The average Bonchev–Trinajstić information content (AvgIpc) is 3.56. The number of hydrogen-bond acceptors (Lipinski definition) is 8. The van der Waals surface area contributed by atoms with Crippen LogP contribution in [0.4, 0.5) is 4.79 Å². The standard InChI is InChI=1S/C36H50N4O7S/c1-7-28(24(2)32(42)37-6)38-31(41)22-46-34(44)30-19-14-20-40(30)33(43)27(21-25-15-10-8-11-16-25)29(39-35(45)47-36(3,4)5)23-48-26-17-12-9-13-18-26/h8-13,15-18,24,27-30H,7,14,19-23H2,1-6H3,(H,37,42)(H,38,41)(H,39,45)/t24-,27?,28?,29+,30-/m0/s1. The summed E-state index contributed by atoms with van der Waals surface area (Å²) in [7, 11) is 1.53. The Morgan fingerprint density at radius 1 is 0.958 bits per heavy atom. The maximum atomic E-state index is 14.5. The fourth-order valence-corrected chi connectivity index (χ4v) is 6.69. The third-order valence-electron chi connectivity index (χ3n) is 8.18. The van der Waals surface area contributed by atoms with Gasteiger partial charge in [-0.25, -0.2) is 9.59 Å². The monoisotopic (exact) mass is 682 g/mol. The van der Waals surface area contributed by atoms with Gasteiger partial charge in [0.1, 0.15) is 11.6 Å². The van der Waals surface area contributed by atoms with E-state index in [1.54, 1.807) is 27.7 Å². The van der Waals surface area contributed by atoms with Gasteiger partial charge in [0.25, 0.3) is 5.91 Å². The summed E-state index contributed by atoms with van der Waals surface area (Å²) >= 11 is 1.52. The molecule has 1 aliphatic heterocycles. The first kappa shape index (κ1) is 38.4. The van der Waals surface area contributed by atoms with E-state index in [-0.39, 0.29) is 11.8 Å². The van der Waals surface area contributed by atoms with Crippen LogP contribution in [0.25, 0.3) is 0 Å². The highest BCUT2D eigenvalue weighted by atomic mass is 32.2. The lowest BCUT2D eigenvalue weighted by atomic mass is 9.91. The summed E-state index contributed by atoms with van der Waals surface area (Å²) < 4.78 is 11.0. The Hall–Kier alpha value is -4.06. The third-order valence-corrected chi connectivity index (χ3v) is 9.31. The first-order valence-corrected chi connectivity index (χ1v) is 17.5. The summed E-state index contributed by atoms with van der Waals surface area (Å²) in [5.74, 6) is -2.51. The zero-order valence-corrected chi connectivity index (χ0v) is 29.6. The fourth-order valence-electron chi connectivity index (χ4n) is 5.65. The van der Waals surface area contributed by atoms with Gasteiger partial charge in [0.2, 0.25) is 11.8 Å². The van der Waals surface area contributed by atoms with Gasteiger partial charge < -0.3 is 30.3 Å². The highest BCUT2D eigenvalue weighted by Crippen LogP contribution is 2.28. The number of esters is 1. The largest absolute Gasteiger partial charge is 0.454 e. The molecule has 0 spiro atoms. The van der Waals surface area contributed by atoms with Crippen molar-refractivity contribution in [3.05, 3.63) is 66.2 Å². The second-order valence-corrected chi connectivity index (χ2v) is 14.0. The Morgan fingerprint density at radius 3 is 2.21 bits per heavy atom. The highest BCUT2D eigenvalue weighted by Gasteiger charge is 2.41. The van der Waals surface area contributed by atoms with Crippen molar-refractivity contribution in [2.45, 2.75) is 88.9 Å². The van der Waals surface area contributed by atoms with Crippen LogP contribution in [0.3, 0.4) is 0 Å². The van der Waals surface area contributed by atoms with Crippen LogP contribution in [0.2, 0.25) is 0 Å². The lowest BCUT2D eigenvalue weighted by Crippen LogP contribution is -2.53. The van der Waals surface area contributed by atoms with Crippen LogP contribution in [0.15, 0.2) is 65.6 Å². The number of carbonyl (C=O) groups is 5. The van der Waals surface area contributed by atoms with Crippen molar-refractivity contribution in [2.75, 3.05) is 26.0 Å². The third kappa shape index (κ3) is 11.9. The number of ether oxygens (including phenoxy) is 2. The lowest BCUT2D eigenvalue weighted by Gasteiger charge is -2.33. The fraction of sp³-hybridized carbons (Fsp3) is 0.528. The molecule has 0 bridgehead atoms. The van der Waals surface area contributed by atoms with Crippen LogP contribution in [-0.4, -0.2) is 84.4 Å². The van der Waals surface area contributed by atoms with E-state index in [2.05, 4.69) is 16.0 Å². The number of rotatable bonds is 15. The normalized spacial score (nSPS) is 17.0. The number of alkyl carbamates (subject to hydrolysis) is 1. The van der Waals surface area contributed by atoms with Gasteiger partial charge in [-0.05, 0) is 64.2 Å². The molecule has 2 aromatic carbocycles. The van der Waals surface area contributed by atoms with E-state index in [1.165, 1.54) is 23.7 Å². The minimum absolute atomic E-state index is 0.203. The van der Waals surface area contributed by atoms with E-state index < -0.39 is 60.1 Å². The minimum atomic E-state index is -0.876. The maximum absolute atomic E-state index is 14.5. The Labute approximate surface area is 288 Å². The molecule has 0 radical (unpaired) electrons. The van der Waals surface area contributed by atoms with E-state index in [0.717, 1.165) is 10.5 Å².